The molecule has 120 valence electrons. The second-order valence-electron chi connectivity index (χ2n) is 5.63. The summed E-state index contributed by atoms with van der Waals surface area (Å²) in [5.74, 6) is 0.246. The lowest BCUT2D eigenvalue weighted by Gasteiger charge is -2.39. The number of hydrogen-bond acceptors (Lipinski definition) is 6. The third-order valence-electron chi connectivity index (χ3n) is 3.73. The van der Waals surface area contributed by atoms with Crippen molar-refractivity contribution < 1.29 is 14.6 Å². The summed E-state index contributed by atoms with van der Waals surface area (Å²) >= 11 is 0. The summed E-state index contributed by atoms with van der Waals surface area (Å²) in [5.41, 5.74) is 0.699. The van der Waals surface area contributed by atoms with Crippen LogP contribution in [0.4, 0.5) is 11.5 Å². The molecule has 0 radical (unpaired) electrons. The van der Waals surface area contributed by atoms with Crippen molar-refractivity contribution in [3.05, 3.63) is 48.2 Å². The van der Waals surface area contributed by atoms with E-state index in [1.165, 1.54) is 0 Å². The van der Waals surface area contributed by atoms with Crippen LogP contribution in [0.1, 0.15) is 10.5 Å². The van der Waals surface area contributed by atoms with E-state index in [1.807, 2.05) is 18.2 Å². The molecule has 0 bridgehead atoms. The molecule has 7 heteroatoms. The van der Waals surface area contributed by atoms with E-state index < -0.39 is 0 Å². The molecule has 0 saturated carbocycles. The Bertz CT molecular complexity index is 651. The van der Waals surface area contributed by atoms with Crippen LogP contribution in [-0.4, -0.2) is 47.6 Å². The van der Waals surface area contributed by atoms with Gasteiger partial charge in [-0.25, -0.2) is 0 Å². The van der Waals surface area contributed by atoms with Crippen LogP contribution in [0.5, 0.6) is 0 Å². The number of nitrogens with one attached hydrogen (secondary N) is 2. The van der Waals surface area contributed by atoms with E-state index in [0.717, 1.165) is 0 Å². The molecule has 1 aliphatic heterocycles. The zero-order chi connectivity index (χ0) is 16.1. The van der Waals surface area contributed by atoms with Gasteiger partial charge in [0, 0.05) is 12.2 Å². The smallest absolute Gasteiger partial charge is 0.276 e. The van der Waals surface area contributed by atoms with Gasteiger partial charge in [0.05, 0.1) is 25.2 Å². The van der Waals surface area contributed by atoms with E-state index in [9.17, 15) is 9.90 Å². The third kappa shape index (κ3) is 3.64. The van der Waals surface area contributed by atoms with Gasteiger partial charge in [-0.3, -0.25) is 4.79 Å². The number of para-hydroxylation sites is 1. The first-order valence-electron chi connectivity index (χ1n) is 7.33. The minimum Gasteiger partial charge on any atom is -0.396 e. The normalized spacial score (nSPS) is 15.5. The Morgan fingerprint density at radius 1 is 1.17 bits per heavy atom. The minimum atomic E-state index is -0.311. The molecule has 1 aromatic carbocycles. The number of aliphatic hydroxyl groups is 1. The van der Waals surface area contributed by atoms with Gasteiger partial charge in [-0.2, -0.15) is 0 Å². The van der Waals surface area contributed by atoms with Crippen molar-refractivity contribution >= 4 is 17.4 Å². The molecule has 2 heterocycles. The highest BCUT2D eigenvalue weighted by molar-refractivity contribution is 6.02. The van der Waals surface area contributed by atoms with Gasteiger partial charge in [-0.1, -0.05) is 18.2 Å². The largest absolute Gasteiger partial charge is 0.396 e. The number of amides is 1. The minimum absolute atomic E-state index is 0.0605. The molecule has 1 aromatic heterocycles. The molecular formula is C16H18N4O3. The van der Waals surface area contributed by atoms with Crippen molar-refractivity contribution in [1.82, 2.24) is 10.2 Å². The summed E-state index contributed by atoms with van der Waals surface area (Å²) in [7, 11) is 0. The maximum Gasteiger partial charge on any atom is 0.276 e. The standard InChI is InChI=1S/C16H18N4O3/c21-9-16(10-23-11-16)8-17-14-7-6-13(19-20-14)15(22)18-12-4-2-1-3-5-12/h1-7,21H,8-11H2,(H,17,20)(H,18,22). The van der Waals surface area contributed by atoms with Crippen molar-refractivity contribution in [1.29, 1.82) is 0 Å². The molecule has 1 fully saturated rings. The second-order valence-corrected chi connectivity index (χ2v) is 5.63. The molecule has 1 aliphatic rings. The molecule has 0 unspecified atom stereocenters. The van der Waals surface area contributed by atoms with Gasteiger partial charge in [-0.05, 0) is 24.3 Å². The molecule has 1 saturated heterocycles. The maximum atomic E-state index is 12.1. The lowest BCUT2D eigenvalue weighted by molar-refractivity contribution is -0.128. The first kappa shape index (κ1) is 15.4. The van der Waals surface area contributed by atoms with Crippen LogP contribution >= 0.6 is 0 Å². The topological polar surface area (TPSA) is 96.4 Å². The number of aromatic nitrogens is 2. The van der Waals surface area contributed by atoms with Crippen molar-refractivity contribution in [2.45, 2.75) is 0 Å². The molecule has 2 aromatic rings. The van der Waals surface area contributed by atoms with E-state index >= 15 is 0 Å². The highest BCUT2D eigenvalue weighted by atomic mass is 16.5. The fraction of sp³-hybridized carbons (Fsp3) is 0.312. The molecule has 7 nitrogen and oxygen atoms in total. The first-order chi connectivity index (χ1) is 11.2. The molecule has 3 rings (SSSR count). The van der Waals surface area contributed by atoms with Crippen molar-refractivity contribution in [3.8, 4) is 0 Å². The van der Waals surface area contributed by atoms with E-state index in [1.54, 1.807) is 24.3 Å². The average Bonchev–Trinajstić information content (AvgIpc) is 2.56. The van der Waals surface area contributed by atoms with E-state index in [4.69, 9.17) is 4.74 Å². The Kier molecular flexibility index (Phi) is 4.50. The number of ether oxygens (including phenoxy) is 1. The lowest BCUT2D eigenvalue weighted by Crippen LogP contribution is -2.50. The molecule has 0 spiro atoms. The highest BCUT2D eigenvalue weighted by Crippen LogP contribution is 2.26. The summed E-state index contributed by atoms with van der Waals surface area (Å²) in [5, 5.41) is 23.1. The molecule has 0 aliphatic carbocycles. The number of carbonyl (C=O) groups excluding carboxylic acids is 1. The molecule has 3 N–H and O–H groups in total. The summed E-state index contributed by atoms with van der Waals surface area (Å²) in [6.07, 6.45) is 0. The predicted molar refractivity (Wildman–Crippen MR) is 85.3 cm³/mol. The predicted octanol–water partition coefficient (Wildman–Crippen LogP) is 1.15. The summed E-state index contributed by atoms with van der Waals surface area (Å²) in [4.78, 5) is 12.1. The maximum absolute atomic E-state index is 12.1. The Morgan fingerprint density at radius 3 is 2.52 bits per heavy atom. The third-order valence-corrected chi connectivity index (χ3v) is 3.73. The van der Waals surface area contributed by atoms with Crippen LogP contribution in [0.3, 0.4) is 0 Å². The zero-order valence-corrected chi connectivity index (χ0v) is 12.5. The molecule has 1 amide bonds. The Labute approximate surface area is 133 Å². The van der Waals surface area contributed by atoms with Crippen LogP contribution in [0.15, 0.2) is 42.5 Å². The van der Waals surface area contributed by atoms with Crippen LogP contribution < -0.4 is 10.6 Å². The number of hydrogen-bond donors (Lipinski definition) is 3. The number of anilines is 2. The Morgan fingerprint density at radius 2 is 1.96 bits per heavy atom. The number of aliphatic hydroxyl groups excluding tert-OH is 1. The van der Waals surface area contributed by atoms with Crippen molar-refractivity contribution in [2.24, 2.45) is 5.41 Å². The first-order valence-corrected chi connectivity index (χ1v) is 7.33. The number of carbonyl (C=O) groups is 1. The van der Waals surface area contributed by atoms with Crippen LogP contribution in [0, 0.1) is 5.41 Å². The SMILES string of the molecule is O=C(Nc1ccccc1)c1ccc(NCC2(CO)COC2)nn1. The quantitative estimate of drug-likeness (QED) is 0.740. The Hall–Kier alpha value is -2.51. The van der Waals surface area contributed by atoms with E-state index in [0.29, 0.717) is 31.3 Å². The monoisotopic (exact) mass is 314 g/mol. The molecule has 23 heavy (non-hydrogen) atoms. The fourth-order valence-corrected chi connectivity index (χ4v) is 2.18. The fourth-order valence-electron chi connectivity index (χ4n) is 2.18. The summed E-state index contributed by atoms with van der Waals surface area (Å²) in [6, 6.07) is 12.5. The number of benzene rings is 1. The number of rotatable bonds is 6. The van der Waals surface area contributed by atoms with Gasteiger partial charge in [0.25, 0.3) is 5.91 Å². The summed E-state index contributed by atoms with van der Waals surface area (Å²) in [6.45, 7) is 1.67. The van der Waals surface area contributed by atoms with Gasteiger partial charge >= 0.3 is 0 Å². The van der Waals surface area contributed by atoms with Crippen molar-refractivity contribution in [3.63, 3.8) is 0 Å². The van der Waals surface area contributed by atoms with Crippen molar-refractivity contribution in [2.75, 3.05) is 37.0 Å². The molecule has 0 atom stereocenters. The zero-order valence-electron chi connectivity index (χ0n) is 12.5. The number of nitrogens with zero attached hydrogens (tertiary/aromatic N) is 2. The van der Waals surface area contributed by atoms with Crippen LogP contribution in [-0.2, 0) is 4.74 Å². The average molecular weight is 314 g/mol. The van der Waals surface area contributed by atoms with E-state index in [2.05, 4.69) is 20.8 Å². The van der Waals surface area contributed by atoms with Gasteiger partial charge in [0.2, 0.25) is 0 Å². The molecular weight excluding hydrogens is 296 g/mol. The van der Waals surface area contributed by atoms with Gasteiger partial charge in [0.1, 0.15) is 5.82 Å². The van der Waals surface area contributed by atoms with Gasteiger partial charge in [0.15, 0.2) is 5.69 Å². The lowest BCUT2D eigenvalue weighted by atomic mass is 9.87. The summed E-state index contributed by atoms with van der Waals surface area (Å²) < 4.78 is 5.14. The highest BCUT2D eigenvalue weighted by Gasteiger charge is 2.37. The van der Waals surface area contributed by atoms with Crippen LogP contribution in [0.25, 0.3) is 0 Å². The van der Waals surface area contributed by atoms with Gasteiger partial charge in [-0.15, -0.1) is 10.2 Å². The van der Waals surface area contributed by atoms with E-state index in [-0.39, 0.29) is 23.6 Å². The van der Waals surface area contributed by atoms with Gasteiger partial charge < -0.3 is 20.5 Å². The second kappa shape index (κ2) is 6.72. The Balaban J connectivity index is 1.57. The van der Waals surface area contributed by atoms with Crippen LogP contribution in [0.2, 0.25) is 0 Å².